The van der Waals surface area contributed by atoms with E-state index in [0.717, 1.165) is 40.9 Å². The van der Waals surface area contributed by atoms with E-state index in [1.54, 1.807) is 4.90 Å². The Kier molecular flexibility index (Phi) is 5.90. The van der Waals surface area contributed by atoms with Crippen molar-refractivity contribution < 1.29 is 9.53 Å². The third kappa shape index (κ3) is 4.17. The van der Waals surface area contributed by atoms with Gasteiger partial charge in [0.2, 0.25) is 0 Å². The minimum absolute atomic E-state index is 0.00836. The number of fused-ring (bicyclic) bond motifs is 1. The summed E-state index contributed by atoms with van der Waals surface area (Å²) in [4.78, 5) is 22.6. The maximum absolute atomic E-state index is 13.0. The first-order chi connectivity index (χ1) is 13.9. The molecule has 0 spiro atoms. The fourth-order valence-corrected chi connectivity index (χ4v) is 4.92. The smallest absolute Gasteiger partial charge is 0.266 e. The van der Waals surface area contributed by atoms with E-state index in [9.17, 15) is 4.79 Å². The number of thioether (sulfide) groups is 1. The highest BCUT2D eigenvalue weighted by atomic mass is 32.2. The van der Waals surface area contributed by atoms with E-state index >= 15 is 0 Å². The molecule has 0 N–H and O–H groups in total. The SMILES string of the molecule is Cc1cccc2cc(/C=C3\SC(=S)N(CC(C)C)C3=O)c(N3CCOCC3)nc12. The van der Waals surface area contributed by atoms with Gasteiger partial charge in [-0.1, -0.05) is 56.0 Å². The molecule has 0 radical (unpaired) electrons. The molecule has 4 rings (SSSR count). The number of aryl methyl sites for hydroxylation is 1. The molecule has 5 nitrogen and oxygen atoms in total. The topological polar surface area (TPSA) is 45.7 Å². The Hall–Kier alpha value is -1.96. The number of hydrogen-bond acceptors (Lipinski definition) is 6. The second-order valence-corrected chi connectivity index (χ2v) is 9.51. The number of anilines is 1. The van der Waals surface area contributed by atoms with Gasteiger partial charge in [-0.05, 0) is 30.5 Å². The third-order valence-electron chi connectivity index (χ3n) is 5.07. The number of carbonyl (C=O) groups excluding carboxylic acids is 1. The number of pyridine rings is 1. The van der Waals surface area contributed by atoms with Crippen molar-refractivity contribution in [3.8, 4) is 0 Å². The van der Waals surface area contributed by atoms with Crippen molar-refractivity contribution in [2.75, 3.05) is 37.7 Å². The number of rotatable bonds is 4. The third-order valence-corrected chi connectivity index (χ3v) is 6.45. The highest BCUT2D eigenvalue weighted by Gasteiger charge is 2.32. The van der Waals surface area contributed by atoms with Crippen LogP contribution in [-0.2, 0) is 9.53 Å². The highest BCUT2D eigenvalue weighted by Crippen LogP contribution is 2.35. The molecule has 1 aromatic heterocycles. The lowest BCUT2D eigenvalue weighted by Crippen LogP contribution is -2.37. The molecule has 7 heteroatoms. The van der Waals surface area contributed by atoms with E-state index in [1.165, 1.54) is 11.8 Å². The summed E-state index contributed by atoms with van der Waals surface area (Å²) in [5, 5.41) is 1.07. The van der Waals surface area contributed by atoms with Gasteiger partial charge in [-0.2, -0.15) is 0 Å². The van der Waals surface area contributed by atoms with E-state index < -0.39 is 0 Å². The predicted octanol–water partition coefficient (Wildman–Crippen LogP) is 4.24. The first-order valence-electron chi connectivity index (χ1n) is 9.92. The predicted molar refractivity (Wildman–Crippen MR) is 124 cm³/mol. The standard InChI is InChI=1S/C22H25N3O2S2/c1-14(2)13-25-21(26)18(29-22(25)28)12-17-11-16-6-4-5-15(3)19(16)23-20(17)24-7-9-27-10-8-24/h4-6,11-12,14H,7-10,13H2,1-3H3/b18-12-. The maximum Gasteiger partial charge on any atom is 0.266 e. The molecule has 2 saturated heterocycles. The Labute approximate surface area is 181 Å². The van der Waals surface area contributed by atoms with Gasteiger partial charge < -0.3 is 9.64 Å². The van der Waals surface area contributed by atoms with Crippen LogP contribution in [0.15, 0.2) is 29.2 Å². The lowest BCUT2D eigenvalue weighted by atomic mass is 10.1. The molecule has 1 aromatic carbocycles. The summed E-state index contributed by atoms with van der Waals surface area (Å²) in [5.41, 5.74) is 3.10. The summed E-state index contributed by atoms with van der Waals surface area (Å²) in [5.74, 6) is 1.27. The molecular formula is C22H25N3O2S2. The number of amides is 1. The van der Waals surface area contributed by atoms with E-state index in [-0.39, 0.29) is 5.91 Å². The lowest BCUT2D eigenvalue weighted by molar-refractivity contribution is -0.122. The van der Waals surface area contributed by atoms with Crippen molar-refractivity contribution in [2.24, 2.45) is 5.92 Å². The number of morpholine rings is 1. The maximum atomic E-state index is 13.0. The quantitative estimate of drug-likeness (QED) is 0.537. The van der Waals surface area contributed by atoms with Crippen LogP contribution in [0.5, 0.6) is 0 Å². The van der Waals surface area contributed by atoms with Crippen LogP contribution in [0.4, 0.5) is 5.82 Å². The Bertz CT molecular complexity index is 997. The van der Waals surface area contributed by atoms with Gasteiger partial charge >= 0.3 is 0 Å². The van der Waals surface area contributed by atoms with Crippen LogP contribution >= 0.6 is 24.0 Å². The summed E-state index contributed by atoms with van der Waals surface area (Å²) in [7, 11) is 0. The molecule has 2 fully saturated rings. The summed E-state index contributed by atoms with van der Waals surface area (Å²) in [6, 6.07) is 8.32. The fraction of sp³-hybridized carbons (Fsp3) is 0.409. The van der Waals surface area contributed by atoms with Gasteiger partial charge in [0.25, 0.3) is 5.91 Å². The van der Waals surface area contributed by atoms with Gasteiger partial charge in [-0.3, -0.25) is 9.69 Å². The zero-order valence-corrected chi connectivity index (χ0v) is 18.6. The van der Waals surface area contributed by atoms with Crippen molar-refractivity contribution in [1.29, 1.82) is 0 Å². The van der Waals surface area contributed by atoms with Crippen molar-refractivity contribution in [2.45, 2.75) is 20.8 Å². The van der Waals surface area contributed by atoms with Crippen LogP contribution in [0.25, 0.3) is 17.0 Å². The van der Waals surface area contributed by atoms with Gasteiger partial charge in [-0.15, -0.1) is 0 Å². The molecule has 2 aliphatic heterocycles. The van der Waals surface area contributed by atoms with Gasteiger partial charge in [0.05, 0.1) is 23.6 Å². The molecule has 1 amide bonds. The zero-order chi connectivity index (χ0) is 20.5. The number of aromatic nitrogens is 1. The number of benzene rings is 1. The molecule has 2 aliphatic rings. The molecule has 0 saturated carbocycles. The molecule has 0 bridgehead atoms. The molecule has 3 heterocycles. The van der Waals surface area contributed by atoms with Crippen LogP contribution in [0, 0.1) is 12.8 Å². The Morgan fingerprint density at radius 1 is 1.31 bits per heavy atom. The minimum atomic E-state index is -0.00836. The van der Waals surface area contributed by atoms with Gasteiger partial charge in [0, 0.05) is 30.6 Å². The Morgan fingerprint density at radius 3 is 2.79 bits per heavy atom. The first kappa shape index (κ1) is 20.3. The van der Waals surface area contributed by atoms with Gasteiger partial charge in [-0.25, -0.2) is 4.98 Å². The number of ether oxygens (including phenoxy) is 1. The molecule has 0 atom stereocenters. The average molecular weight is 428 g/mol. The minimum Gasteiger partial charge on any atom is -0.378 e. The molecule has 2 aromatic rings. The summed E-state index contributed by atoms with van der Waals surface area (Å²) in [6.45, 7) is 9.86. The largest absolute Gasteiger partial charge is 0.378 e. The highest BCUT2D eigenvalue weighted by molar-refractivity contribution is 8.26. The number of thiocarbonyl (C=S) groups is 1. The van der Waals surface area contributed by atoms with Crippen LogP contribution in [0.1, 0.15) is 25.0 Å². The summed E-state index contributed by atoms with van der Waals surface area (Å²) in [6.07, 6.45) is 1.96. The molecule has 0 aliphatic carbocycles. The van der Waals surface area contributed by atoms with Crippen LogP contribution < -0.4 is 4.90 Å². The van der Waals surface area contributed by atoms with Crippen LogP contribution in [0.3, 0.4) is 0 Å². The molecular weight excluding hydrogens is 402 g/mol. The number of para-hydroxylation sites is 1. The van der Waals surface area contributed by atoms with Crippen LogP contribution in [0.2, 0.25) is 0 Å². The molecule has 152 valence electrons. The van der Waals surface area contributed by atoms with E-state index in [4.69, 9.17) is 21.9 Å². The van der Waals surface area contributed by atoms with Crippen molar-refractivity contribution >= 4 is 57.0 Å². The lowest BCUT2D eigenvalue weighted by Gasteiger charge is -2.29. The summed E-state index contributed by atoms with van der Waals surface area (Å²) < 4.78 is 6.15. The number of hydrogen-bond donors (Lipinski definition) is 0. The van der Waals surface area contributed by atoms with E-state index in [0.29, 0.717) is 34.9 Å². The average Bonchev–Trinajstić information content (AvgIpc) is 2.95. The van der Waals surface area contributed by atoms with Crippen molar-refractivity contribution in [3.05, 3.63) is 40.3 Å². The van der Waals surface area contributed by atoms with E-state index in [1.807, 2.05) is 12.1 Å². The Balaban J connectivity index is 1.79. The molecule has 29 heavy (non-hydrogen) atoms. The van der Waals surface area contributed by atoms with Crippen LogP contribution in [-0.4, -0.2) is 53.0 Å². The normalized spacial score (nSPS) is 19.2. The monoisotopic (exact) mass is 427 g/mol. The number of nitrogens with zero attached hydrogens (tertiary/aromatic N) is 3. The van der Waals surface area contributed by atoms with Gasteiger partial charge in [0.15, 0.2) is 0 Å². The second kappa shape index (κ2) is 8.42. The van der Waals surface area contributed by atoms with Gasteiger partial charge in [0.1, 0.15) is 10.1 Å². The number of carbonyl (C=O) groups is 1. The van der Waals surface area contributed by atoms with Crippen molar-refractivity contribution in [3.63, 3.8) is 0 Å². The van der Waals surface area contributed by atoms with E-state index in [2.05, 4.69) is 43.9 Å². The zero-order valence-electron chi connectivity index (χ0n) is 17.0. The second-order valence-electron chi connectivity index (χ2n) is 7.83. The van der Waals surface area contributed by atoms with Crippen molar-refractivity contribution in [1.82, 2.24) is 9.88 Å². The Morgan fingerprint density at radius 2 is 2.07 bits per heavy atom. The fourth-order valence-electron chi connectivity index (χ4n) is 3.65. The summed E-state index contributed by atoms with van der Waals surface area (Å²) >= 11 is 6.85. The first-order valence-corrected chi connectivity index (χ1v) is 11.1. The molecule has 0 unspecified atom stereocenters.